The van der Waals surface area contributed by atoms with Gasteiger partial charge in [-0.2, -0.15) is 0 Å². The average Bonchev–Trinajstić information content (AvgIpc) is 2.87. The molecule has 0 saturated carbocycles. The Morgan fingerprint density at radius 3 is 2.32 bits per heavy atom. The second-order valence-electron chi connectivity index (χ2n) is 5.83. The number of hydrogen-bond donors (Lipinski definition) is 1. The standard InChI is InChI=1S/C19H21NO5/c1-4-19(11-14(21)22)15(18(24)25-5-2)12(3)16(20-19)17(23)13-9-7-6-8-10-13/h6-10H,4-5,11H2,1-3H3,(H,21,22). The van der Waals surface area contributed by atoms with Crippen molar-refractivity contribution in [1.29, 1.82) is 0 Å². The van der Waals surface area contributed by atoms with E-state index < -0.39 is 17.5 Å². The molecule has 0 bridgehead atoms. The summed E-state index contributed by atoms with van der Waals surface area (Å²) < 4.78 is 5.09. The first-order valence-corrected chi connectivity index (χ1v) is 8.16. The summed E-state index contributed by atoms with van der Waals surface area (Å²) in [6.45, 7) is 5.19. The number of allylic oxidation sites excluding steroid dienone is 1. The van der Waals surface area contributed by atoms with Gasteiger partial charge in [0.25, 0.3) is 0 Å². The predicted molar refractivity (Wildman–Crippen MR) is 92.8 cm³/mol. The molecule has 0 amide bonds. The van der Waals surface area contributed by atoms with E-state index in [0.29, 0.717) is 11.1 Å². The molecule has 1 aliphatic heterocycles. The smallest absolute Gasteiger partial charge is 0.336 e. The van der Waals surface area contributed by atoms with E-state index in [1.807, 2.05) is 0 Å². The summed E-state index contributed by atoms with van der Waals surface area (Å²) in [6.07, 6.45) is -0.100. The maximum atomic E-state index is 12.8. The third-order valence-electron chi connectivity index (χ3n) is 4.28. The van der Waals surface area contributed by atoms with Gasteiger partial charge >= 0.3 is 11.9 Å². The Morgan fingerprint density at radius 2 is 1.80 bits per heavy atom. The summed E-state index contributed by atoms with van der Waals surface area (Å²) in [4.78, 5) is 41.1. The van der Waals surface area contributed by atoms with Crippen LogP contribution in [-0.2, 0) is 14.3 Å². The highest BCUT2D eigenvalue weighted by Crippen LogP contribution is 2.39. The molecule has 1 unspecified atom stereocenters. The lowest BCUT2D eigenvalue weighted by Gasteiger charge is -2.25. The molecule has 0 aliphatic carbocycles. The highest BCUT2D eigenvalue weighted by Gasteiger charge is 2.46. The van der Waals surface area contributed by atoms with Gasteiger partial charge in [0.1, 0.15) is 11.3 Å². The zero-order valence-electron chi connectivity index (χ0n) is 14.5. The molecule has 1 N–H and O–H groups in total. The normalized spacial score (nSPS) is 19.6. The van der Waals surface area contributed by atoms with Crippen molar-refractivity contribution >= 4 is 23.4 Å². The molecule has 1 aromatic carbocycles. The molecule has 2 rings (SSSR count). The third kappa shape index (κ3) is 3.52. The van der Waals surface area contributed by atoms with Gasteiger partial charge < -0.3 is 9.84 Å². The van der Waals surface area contributed by atoms with E-state index in [1.165, 1.54) is 0 Å². The van der Waals surface area contributed by atoms with Crippen LogP contribution in [0.5, 0.6) is 0 Å². The van der Waals surface area contributed by atoms with E-state index in [0.717, 1.165) is 0 Å². The number of ether oxygens (including phenoxy) is 1. The highest BCUT2D eigenvalue weighted by atomic mass is 16.5. The zero-order chi connectivity index (χ0) is 18.6. The zero-order valence-corrected chi connectivity index (χ0v) is 14.5. The van der Waals surface area contributed by atoms with E-state index in [9.17, 15) is 19.5 Å². The largest absolute Gasteiger partial charge is 0.481 e. The molecular formula is C19H21NO5. The Kier molecular flexibility index (Phi) is 5.51. The van der Waals surface area contributed by atoms with Gasteiger partial charge in [-0.25, -0.2) is 4.79 Å². The molecule has 132 valence electrons. The van der Waals surface area contributed by atoms with Crippen LogP contribution in [0.4, 0.5) is 0 Å². The summed E-state index contributed by atoms with van der Waals surface area (Å²) >= 11 is 0. The number of ketones is 1. The van der Waals surface area contributed by atoms with Gasteiger partial charge in [0, 0.05) is 5.56 Å². The number of hydrogen-bond acceptors (Lipinski definition) is 5. The van der Waals surface area contributed by atoms with Crippen molar-refractivity contribution in [2.45, 2.75) is 39.2 Å². The number of aliphatic imine (C=N–C) groups is 1. The Morgan fingerprint density at radius 1 is 1.16 bits per heavy atom. The number of rotatable bonds is 7. The molecule has 1 aliphatic rings. The fourth-order valence-electron chi connectivity index (χ4n) is 3.07. The number of carboxylic acids is 1. The quantitative estimate of drug-likeness (QED) is 0.607. The van der Waals surface area contributed by atoms with E-state index in [4.69, 9.17) is 4.74 Å². The number of aliphatic carboxylic acids is 1. The lowest BCUT2D eigenvalue weighted by molar-refractivity contribution is -0.140. The van der Waals surface area contributed by atoms with Gasteiger partial charge in [-0.3, -0.25) is 14.6 Å². The predicted octanol–water partition coefficient (Wildman–Crippen LogP) is 2.83. The Hall–Kier alpha value is -2.76. The summed E-state index contributed by atoms with van der Waals surface area (Å²) in [5, 5.41) is 9.30. The summed E-state index contributed by atoms with van der Waals surface area (Å²) in [5.74, 6) is -2.04. The van der Waals surface area contributed by atoms with Gasteiger partial charge in [-0.15, -0.1) is 0 Å². The number of carbonyl (C=O) groups excluding carboxylic acids is 2. The number of Topliss-reactive ketones (excluding diaryl/α,β-unsaturated/α-hetero) is 1. The molecule has 6 nitrogen and oxygen atoms in total. The van der Waals surface area contributed by atoms with Crippen molar-refractivity contribution in [3.63, 3.8) is 0 Å². The summed E-state index contributed by atoms with van der Waals surface area (Å²) in [7, 11) is 0. The molecule has 1 aromatic rings. The maximum Gasteiger partial charge on any atom is 0.336 e. The molecule has 25 heavy (non-hydrogen) atoms. The third-order valence-corrected chi connectivity index (χ3v) is 4.28. The van der Waals surface area contributed by atoms with Gasteiger partial charge in [0.2, 0.25) is 5.78 Å². The van der Waals surface area contributed by atoms with E-state index in [2.05, 4.69) is 4.99 Å². The molecule has 0 spiro atoms. The maximum absolute atomic E-state index is 12.8. The van der Waals surface area contributed by atoms with Crippen LogP contribution in [0, 0.1) is 0 Å². The average molecular weight is 343 g/mol. The van der Waals surface area contributed by atoms with Crippen molar-refractivity contribution in [3.05, 3.63) is 47.0 Å². The number of carboxylic acid groups (broad SMARTS) is 1. The first kappa shape index (κ1) is 18.6. The van der Waals surface area contributed by atoms with Crippen molar-refractivity contribution in [3.8, 4) is 0 Å². The Labute approximate surface area is 146 Å². The van der Waals surface area contributed by atoms with Crippen molar-refractivity contribution in [2.24, 2.45) is 4.99 Å². The minimum absolute atomic E-state index is 0.123. The summed E-state index contributed by atoms with van der Waals surface area (Å²) in [5.41, 5.74) is -0.167. The number of nitrogens with zero attached hydrogens (tertiary/aromatic N) is 1. The van der Waals surface area contributed by atoms with Gasteiger partial charge in [-0.05, 0) is 25.8 Å². The van der Waals surface area contributed by atoms with E-state index in [-0.39, 0.29) is 36.5 Å². The molecule has 0 saturated heterocycles. The van der Waals surface area contributed by atoms with Crippen LogP contribution >= 0.6 is 0 Å². The second kappa shape index (κ2) is 7.42. The number of esters is 1. The fraction of sp³-hybridized carbons (Fsp3) is 0.368. The number of benzene rings is 1. The van der Waals surface area contributed by atoms with Gasteiger partial charge in [0.15, 0.2) is 0 Å². The number of carbonyl (C=O) groups is 3. The fourth-order valence-corrected chi connectivity index (χ4v) is 3.07. The first-order chi connectivity index (χ1) is 11.9. The molecule has 0 radical (unpaired) electrons. The van der Waals surface area contributed by atoms with Gasteiger partial charge in [-0.1, -0.05) is 37.3 Å². The van der Waals surface area contributed by atoms with Crippen LogP contribution in [0.25, 0.3) is 0 Å². The topological polar surface area (TPSA) is 93.0 Å². The van der Waals surface area contributed by atoms with Crippen LogP contribution in [0.3, 0.4) is 0 Å². The molecule has 1 atom stereocenters. The molecule has 1 heterocycles. The van der Waals surface area contributed by atoms with E-state index >= 15 is 0 Å². The summed E-state index contributed by atoms with van der Waals surface area (Å²) in [6, 6.07) is 8.58. The molecule has 0 aromatic heterocycles. The molecule has 0 fully saturated rings. The monoisotopic (exact) mass is 343 g/mol. The van der Waals surface area contributed by atoms with E-state index in [1.54, 1.807) is 51.1 Å². The van der Waals surface area contributed by atoms with Crippen molar-refractivity contribution < 1.29 is 24.2 Å². The Bertz CT molecular complexity index is 763. The lowest BCUT2D eigenvalue weighted by Crippen LogP contribution is -2.34. The lowest BCUT2D eigenvalue weighted by atomic mass is 9.83. The van der Waals surface area contributed by atoms with Crippen LogP contribution in [-0.4, -0.2) is 40.7 Å². The Balaban J connectivity index is 2.58. The van der Waals surface area contributed by atoms with Crippen molar-refractivity contribution in [2.75, 3.05) is 6.61 Å². The minimum Gasteiger partial charge on any atom is -0.481 e. The molecular weight excluding hydrogens is 322 g/mol. The molecule has 6 heteroatoms. The van der Waals surface area contributed by atoms with Crippen LogP contribution in [0.2, 0.25) is 0 Å². The van der Waals surface area contributed by atoms with Crippen LogP contribution < -0.4 is 0 Å². The van der Waals surface area contributed by atoms with Crippen LogP contribution in [0.1, 0.15) is 44.0 Å². The van der Waals surface area contributed by atoms with Crippen LogP contribution in [0.15, 0.2) is 46.5 Å². The highest BCUT2D eigenvalue weighted by molar-refractivity contribution is 6.52. The minimum atomic E-state index is -1.28. The van der Waals surface area contributed by atoms with Crippen molar-refractivity contribution in [1.82, 2.24) is 0 Å². The first-order valence-electron chi connectivity index (χ1n) is 8.16. The second-order valence-corrected chi connectivity index (χ2v) is 5.83. The SMILES string of the molecule is CCOC(=O)C1=C(C)C(C(=O)c2ccccc2)=NC1(CC)CC(=O)O. The van der Waals surface area contributed by atoms with Gasteiger partial charge in [0.05, 0.1) is 18.6 Å².